The summed E-state index contributed by atoms with van der Waals surface area (Å²) < 4.78 is 0. The topological polar surface area (TPSA) is 67.3 Å². The SMILES string of the molecule is Cc1ccc(-c2nc(-c3nn[nH]n3)sc2-c2ccc(C)c3ccccc23)c2ccccc12. The number of hydrogen-bond acceptors (Lipinski definition) is 5. The van der Waals surface area contributed by atoms with Gasteiger partial charge in [0.1, 0.15) is 0 Å². The molecule has 0 saturated heterocycles. The lowest BCUT2D eigenvalue weighted by molar-refractivity contribution is 0.881. The number of H-pyrrole nitrogens is 1. The fourth-order valence-corrected chi connectivity index (χ4v) is 5.39. The van der Waals surface area contributed by atoms with Crippen molar-refractivity contribution < 1.29 is 0 Å². The van der Waals surface area contributed by atoms with Gasteiger partial charge in [-0.25, -0.2) is 4.98 Å². The van der Waals surface area contributed by atoms with Crippen LogP contribution in [0.5, 0.6) is 0 Å². The van der Waals surface area contributed by atoms with Crippen molar-refractivity contribution in [1.29, 1.82) is 0 Å². The van der Waals surface area contributed by atoms with E-state index >= 15 is 0 Å². The van der Waals surface area contributed by atoms with Crippen molar-refractivity contribution in [2.45, 2.75) is 13.8 Å². The van der Waals surface area contributed by atoms with E-state index in [-0.39, 0.29) is 0 Å². The van der Waals surface area contributed by atoms with Gasteiger partial charge in [0.15, 0.2) is 5.01 Å². The van der Waals surface area contributed by atoms with E-state index in [0.29, 0.717) is 5.82 Å². The maximum Gasteiger partial charge on any atom is 0.233 e. The van der Waals surface area contributed by atoms with E-state index < -0.39 is 0 Å². The van der Waals surface area contributed by atoms with E-state index in [1.807, 2.05) is 0 Å². The van der Waals surface area contributed by atoms with Crippen LogP contribution in [0.25, 0.3) is 54.1 Å². The summed E-state index contributed by atoms with van der Waals surface area (Å²) in [7, 11) is 0. The standard InChI is InChI=1S/C26H19N5S/c1-15-11-13-21(19-9-5-3-7-17(15)19)23-24(32-26(27-23)25-28-30-31-29-25)22-14-12-16(2)18-8-4-6-10-20(18)22/h3-14H,1-2H3,(H,28,29,30,31). The van der Waals surface area contributed by atoms with Crippen molar-refractivity contribution in [3.63, 3.8) is 0 Å². The van der Waals surface area contributed by atoms with E-state index in [0.717, 1.165) is 26.7 Å². The Kier molecular flexibility index (Phi) is 4.33. The van der Waals surface area contributed by atoms with Crippen molar-refractivity contribution in [3.05, 3.63) is 83.9 Å². The van der Waals surface area contributed by atoms with E-state index in [9.17, 15) is 0 Å². The molecular weight excluding hydrogens is 414 g/mol. The fraction of sp³-hybridized carbons (Fsp3) is 0.0769. The zero-order chi connectivity index (χ0) is 21.7. The van der Waals surface area contributed by atoms with Crippen LogP contribution < -0.4 is 0 Å². The summed E-state index contributed by atoms with van der Waals surface area (Å²) in [6.07, 6.45) is 0. The van der Waals surface area contributed by atoms with Crippen molar-refractivity contribution >= 4 is 32.9 Å². The van der Waals surface area contributed by atoms with Gasteiger partial charge in [-0.15, -0.1) is 21.5 Å². The van der Waals surface area contributed by atoms with Crippen molar-refractivity contribution in [2.24, 2.45) is 0 Å². The number of benzene rings is 4. The van der Waals surface area contributed by atoms with Gasteiger partial charge in [0.05, 0.1) is 10.6 Å². The van der Waals surface area contributed by atoms with Gasteiger partial charge in [-0.2, -0.15) is 5.21 Å². The Morgan fingerprint density at radius 2 is 1.28 bits per heavy atom. The van der Waals surface area contributed by atoms with Crippen LogP contribution >= 0.6 is 11.3 Å². The van der Waals surface area contributed by atoms with E-state index in [1.165, 1.54) is 32.7 Å². The smallest absolute Gasteiger partial charge is 0.232 e. The predicted molar refractivity (Wildman–Crippen MR) is 131 cm³/mol. The van der Waals surface area contributed by atoms with Crippen molar-refractivity contribution in [2.75, 3.05) is 0 Å². The molecule has 6 aromatic rings. The summed E-state index contributed by atoms with van der Waals surface area (Å²) in [5.41, 5.74) is 5.73. The summed E-state index contributed by atoms with van der Waals surface area (Å²) >= 11 is 1.60. The number of aryl methyl sites for hydroxylation is 2. The number of nitrogens with one attached hydrogen (secondary N) is 1. The predicted octanol–water partition coefficient (Wildman–Crippen LogP) is 6.58. The molecule has 0 aliphatic rings. The van der Waals surface area contributed by atoms with Gasteiger partial charge in [-0.3, -0.25) is 0 Å². The second kappa shape index (κ2) is 7.35. The number of tetrazole rings is 1. The van der Waals surface area contributed by atoms with Crippen LogP contribution in [0.15, 0.2) is 72.8 Å². The number of hydrogen-bond donors (Lipinski definition) is 1. The lowest BCUT2D eigenvalue weighted by Gasteiger charge is -2.11. The molecule has 4 aromatic carbocycles. The van der Waals surface area contributed by atoms with Gasteiger partial charge in [0.25, 0.3) is 0 Å². The normalized spacial score (nSPS) is 11.4. The molecule has 0 fully saturated rings. The van der Waals surface area contributed by atoms with Gasteiger partial charge >= 0.3 is 0 Å². The van der Waals surface area contributed by atoms with Gasteiger partial charge in [0, 0.05) is 11.1 Å². The highest BCUT2D eigenvalue weighted by molar-refractivity contribution is 7.19. The maximum atomic E-state index is 5.04. The third kappa shape index (κ3) is 2.92. The van der Waals surface area contributed by atoms with Crippen LogP contribution in [0.4, 0.5) is 0 Å². The summed E-state index contributed by atoms with van der Waals surface area (Å²) in [6.45, 7) is 4.30. The Morgan fingerprint density at radius 1 is 0.688 bits per heavy atom. The number of thiazole rings is 1. The van der Waals surface area contributed by atoms with E-state index in [2.05, 4.69) is 107 Å². The quantitative estimate of drug-likeness (QED) is 0.342. The summed E-state index contributed by atoms with van der Waals surface area (Å²) in [6, 6.07) is 25.8. The highest BCUT2D eigenvalue weighted by Crippen LogP contribution is 2.44. The Bertz CT molecular complexity index is 1500. The molecule has 5 nitrogen and oxygen atoms in total. The van der Waals surface area contributed by atoms with E-state index in [4.69, 9.17) is 4.98 Å². The summed E-state index contributed by atoms with van der Waals surface area (Å²) in [5, 5.41) is 20.3. The minimum Gasteiger partial charge on any atom is -0.232 e. The average molecular weight is 434 g/mol. The maximum absolute atomic E-state index is 5.04. The Morgan fingerprint density at radius 3 is 1.91 bits per heavy atom. The molecule has 0 atom stereocenters. The zero-order valence-corrected chi connectivity index (χ0v) is 18.4. The van der Waals surface area contributed by atoms with Crippen LogP contribution in [0.2, 0.25) is 0 Å². The first-order valence-electron chi connectivity index (χ1n) is 10.4. The van der Waals surface area contributed by atoms with Gasteiger partial charge in [0.2, 0.25) is 5.82 Å². The Labute approximate surface area is 188 Å². The number of aromatic nitrogens is 5. The molecule has 32 heavy (non-hydrogen) atoms. The molecule has 0 saturated carbocycles. The van der Waals surface area contributed by atoms with Crippen LogP contribution in [0.3, 0.4) is 0 Å². The Balaban J connectivity index is 1.70. The highest BCUT2D eigenvalue weighted by Gasteiger charge is 2.21. The lowest BCUT2D eigenvalue weighted by Crippen LogP contribution is -1.89. The third-order valence-corrected chi connectivity index (χ3v) is 7.03. The monoisotopic (exact) mass is 433 g/mol. The molecule has 2 heterocycles. The molecule has 0 bridgehead atoms. The highest BCUT2D eigenvalue weighted by atomic mass is 32.1. The van der Waals surface area contributed by atoms with Gasteiger partial charge in [-0.05, 0) is 51.7 Å². The summed E-state index contributed by atoms with van der Waals surface area (Å²) in [5.74, 6) is 0.510. The third-order valence-electron chi connectivity index (χ3n) is 5.95. The first kappa shape index (κ1) is 18.8. The molecule has 0 aliphatic carbocycles. The molecule has 154 valence electrons. The molecule has 0 unspecified atom stereocenters. The summed E-state index contributed by atoms with van der Waals surface area (Å²) in [4.78, 5) is 6.15. The molecule has 0 aliphatic heterocycles. The minimum absolute atomic E-state index is 0.510. The van der Waals surface area contributed by atoms with Crippen molar-refractivity contribution in [1.82, 2.24) is 25.6 Å². The molecule has 0 amide bonds. The zero-order valence-electron chi connectivity index (χ0n) is 17.6. The Hall–Kier alpha value is -3.90. The van der Waals surface area contributed by atoms with Crippen LogP contribution in [0.1, 0.15) is 11.1 Å². The fourth-order valence-electron chi connectivity index (χ4n) is 4.34. The lowest BCUT2D eigenvalue weighted by atomic mass is 9.94. The van der Waals surface area contributed by atoms with Crippen LogP contribution in [-0.4, -0.2) is 25.6 Å². The first-order valence-corrected chi connectivity index (χ1v) is 11.2. The molecule has 1 N–H and O–H groups in total. The number of aromatic amines is 1. The molecule has 6 heteroatoms. The molecule has 6 rings (SSSR count). The second-order valence-corrected chi connectivity index (χ2v) is 8.88. The molecule has 0 spiro atoms. The van der Waals surface area contributed by atoms with Gasteiger partial charge in [-0.1, -0.05) is 72.8 Å². The number of fused-ring (bicyclic) bond motifs is 2. The van der Waals surface area contributed by atoms with Gasteiger partial charge < -0.3 is 0 Å². The molecule has 2 aromatic heterocycles. The van der Waals surface area contributed by atoms with Crippen LogP contribution in [-0.2, 0) is 0 Å². The molecule has 0 radical (unpaired) electrons. The van der Waals surface area contributed by atoms with E-state index in [1.54, 1.807) is 11.3 Å². The largest absolute Gasteiger partial charge is 0.233 e. The second-order valence-electron chi connectivity index (χ2n) is 7.88. The molecular formula is C26H19N5S. The van der Waals surface area contributed by atoms with Crippen molar-refractivity contribution in [3.8, 4) is 32.5 Å². The number of nitrogens with zero attached hydrogens (tertiary/aromatic N) is 4. The van der Waals surface area contributed by atoms with Crippen LogP contribution in [0, 0.1) is 13.8 Å². The minimum atomic E-state index is 0.510. The number of rotatable bonds is 3. The first-order chi connectivity index (χ1) is 15.7. The average Bonchev–Trinajstić information content (AvgIpc) is 3.51.